The highest BCUT2D eigenvalue weighted by Crippen LogP contribution is 2.36. The third kappa shape index (κ3) is 4.11. The van der Waals surface area contributed by atoms with Crippen LogP contribution in [-0.4, -0.2) is 32.7 Å². The molecule has 2 aromatic carbocycles. The summed E-state index contributed by atoms with van der Waals surface area (Å²) < 4.78 is 31.8. The predicted molar refractivity (Wildman–Crippen MR) is 108 cm³/mol. The fourth-order valence-electron chi connectivity index (χ4n) is 2.59. The SMILES string of the molecule is CCS(=O)(=O)N1C[C@H](C(=O)Nc2cc(Cl)c(Cl)cc2Cl)Oc2ccccc21. The molecular formula is C17H15Cl3N2O4S. The highest BCUT2D eigenvalue weighted by Gasteiger charge is 2.36. The molecule has 144 valence electrons. The number of nitrogens with zero attached hydrogens (tertiary/aromatic N) is 1. The van der Waals surface area contributed by atoms with Gasteiger partial charge in [-0.15, -0.1) is 0 Å². The van der Waals surface area contributed by atoms with Gasteiger partial charge in [0.2, 0.25) is 10.0 Å². The maximum atomic E-state index is 12.7. The molecule has 2 aromatic rings. The van der Waals surface area contributed by atoms with Crippen molar-refractivity contribution in [1.29, 1.82) is 0 Å². The zero-order valence-corrected chi connectivity index (χ0v) is 17.2. The Morgan fingerprint density at radius 3 is 2.56 bits per heavy atom. The van der Waals surface area contributed by atoms with Gasteiger partial charge in [0.25, 0.3) is 5.91 Å². The number of benzene rings is 2. The van der Waals surface area contributed by atoms with Gasteiger partial charge < -0.3 is 10.1 Å². The van der Waals surface area contributed by atoms with E-state index in [1.807, 2.05) is 0 Å². The molecule has 1 heterocycles. The molecule has 27 heavy (non-hydrogen) atoms. The van der Waals surface area contributed by atoms with Gasteiger partial charge in [0.05, 0.1) is 38.7 Å². The van der Waals surface area contributed by atoms with Gasteiger partial charge >= 0.3 is 0 Å². The number of carbonyl (C=O) groups excluding carboxylic acids is 1. The standard InChI is InChI=1S/C17H15Cl3N2O4S/c1-2-27(24,25)22-9-16(26-15-6-4-3-5-14(15)22)17(23)21-13-8-11(19)10(18)7-12(13)20/h3-8,16H,2,9H2,1H3,(H,21,23)/t16-/m1/s1. The Bertz CT molecular complexity index is 998. The number of sulfonamides is 1. The molecule has 0 spiro atoms. The second-order valence-electron chi connectivity index (χ2n) is 5.74. The van der Waals surface area contributed by atoms with Crippen LogP contribution in [0.25, 0.3) is 0 Å². The first-order valence-corrected chi connectivity index (χ1v) is 10.7. The normalized spacial score (nSPS) is 16.4. The predicted octanol–water partition coefficient (Wildman–Crippen LogP) is 4.20. The molecule has 1 aliphatic heterocycles. The fourth-order valence-corrected chi connectivity index (χ4v) is 4.31. The second kappa shape index (κ2) is 7.75. The minimum Gasteiger partial charge on any atom is -0.476 e. The molecule has 0 unspecified atom stereocenters. The van der Waals surface area contributed by atoms with Crippen molar-refractivity contribution in [3.05, 3.63) is 51.5 Å². The van der Waals surface area contributed by atoms with Crippen molar-refractivity contribution in [3.8, 4) is 5.75 Å². The zero-order valence-electron chi connectivity index (χ0n) is 14.1. The Morgan fingerprint density at radius 2 is 1.85 bits per heavy atom. The number of carbonyl (C=O) groups is 1. The number of ether oxygens (including phenoxy) is 1. The zero-order chi connectivity index (χ0) is 19.8. The first-order valence-electron chi connectivity index (χ1n) is 7.94. The number of hydrogen-bond acceptors (Lipinski definition) is 4. The molecule has 0 radical (unpaired) electrons. The van der Waals surface area contributed by atoms with Gasteiger partial charge in [-0.1, -0.05) is 46.9 Å². The van der Waals surface area contributed by atoms with Crippen molar-refractivity contribution in [1.82, 2.24) is 0 Å². The van der Waals surface area contributed by atoms with Crippen LogP contribution in [-0.2, 0) is 14.8 Å². The van der Waals surface area contributed by atoms with Gasteiger partial charge in [-0.05, 0) is 31.2 Å². The molecule has 0 bridgehead atoms. The first-order chi connectivity index (χ1) is 12.7. The maximum absolute atomic E-state index is 12.7. The first kappa shape index (κ1) is 20.1. The third-order valence-electron chi connectivity index (χ3n) is 4.00. The Balaban J connectivity index is 1.90. The van der Waals surface area contributed by atoms with Gasteiger partial charge in [-0.3, -0.25) is 9.10 Å². The number of nitrogens with one attached hydrogen (secondary N) is 1. The molecule has 6 nitrogen and oxygen atoms in total. The lowest BCUT2D eigenvalue weighted by atomic mass is 10.2. The number of para-hydroxylation sites is 2. The van der Waals surface area contributed by atoms with E-state index < -0.39 is 22.0 Å². The number of hydrogen-bond donors (Lipinski definition) is 1. The Labute approximate surface area is 172 Å². The van der Waals surface area contributed by atoms with E-state index in [0.29, 0.717) is 11.4 Å². The number of anilines is 2. The summed E-state index contributed by atoms with van der Waals surface area (Å²) in [6, 6.07) is 9.47. The molecule has 1 amide bonds. The van der Waals surface area contributed by atoms with E-state index in [9.17, 15) is 13.2 Å². The smallest absolute Gasteiger partial charge is 0.267 e. The molecular weight excluding hydrogens is 435 g/mol. The van der Waals surface area contributed by atoms with Crippen molar-refractivity contribution in [2.75, 3.05) is 21.9 Å². The summed E-state index contributed by atoms with van der Waals surface area (Å²) in [5.41, 5.74) is 0.652. The quantitative estimate of drug-likeness (QED) is 0.710. The molecule has 1 aliphatic rings. The van der Waals surface area contributed by atoms with E-state index in [1.54, 1.807) is 24.3 Å². The summed E-state index contributed by atoms with van der Waals surface area (Å²) in [7, 11) is -3.59. The summed E-state index contributed by atoms with van der Waals surface area (Å²) in [5.74, 6) is -0.351. The molecule has 3 rings (SSSR count). The molecule has 1 N–H and O–H groups in total. The van der Waals surface area contributed by atoms with Crippen molar-refractivity contribution in [3.63, 3.8) is 0 Å². The van der Waals surface area contributed by atoms with Gasteiger partial charge in [0, 0.05) is 0 Å². The number of fused-ring (bicyclic) bond motifs is 1. The number of amides is 1. The van der Waals surface area contributed by atoms with E-state index in [2.05, 4.69) is 5.32 Å². The molecule has 10 heteroatoms. The van der Waals surface area contributed by atoms with Gasteiger partial charge in [0.1, 0.15) is 5.75 Å². The van der Waals surface area contributed by atoms with E-state index in [0.717, 1.165) is 0 Å². The summed E-state index contributed by atoms with van der Waals surface area (Å²) in [6.07, 6.45) is -1.06. The fraction of sp³-hybridized carbons (Fsp3) is 0.235. The van der Waals surface area contributed by atoms with Crippen LogP contribution in [0.3, 0.4) is 0 Å². The Hall–Kier alpha value is -1.67. The maximum Gasteiger partial charge on any atom is 0.267 e. The van der Waals surface area contributed by atoms with Gasteiger partial charge in [-0.2, -0.15) is 0 Å². The average Bonchev–Trinajstić information content (AvgIpc) is 2.65. The summed E-state index contributed by atoms with van der Waals surface area (Å²) >= 11 is 17.9. The Morgan fingerprint density at radius 1 is 1.19 bits per heavy atom. The molecule has 0 fully saturated rings. The highest BCUT2D eigenvalue weighted by atomic mass is 35.5. The number of halogens is 3. The summed E-state index contributed by atoms with van der Waals surface area (Å²) in [6.45, 7) is 1.38. The van der Waals surface area contributed by atoms with Crippen molar-refractivity contribution < 1.29 is 17.9 Å². The van der Waals surface area contributed by atoms with Crippen LogP contribution in [0.5, 0.6) is 5.75 Å². The van der Waals surface area contributed by atoms with Crippen molar-refractivity contribution in [2.24, 2.45) is 0 Å². The van der Waals surface area contributed by atoms with Crippen LogP contribution >= 0.6 is 34.8 Å². The minimum absolute atomic E-state index is 0.103. The van der Waals surface area contributed by atoms with Crippen LogP contribution in [0.4, 0.5) is 11.4 Å². The lowest BCUT2D eigenvalue weighted by Gasteiger charge is -2.34. The topological polar surface area (TPSA) is 75.7 Å². The van der Waals surface area contributed by atoms with Crippen LogP contribution in [0.1, 0.15) is 6.92 Å². The average molecular weight is 450 g/mol. The molecule has 0 aliphatic carbocycles. The van der Waals surface area contributed by atoms with Gasteiger partial charge in [-0.25, -0.2) is 8.42 Å². The lowest BCUT2D eigenvalue weighted by Crippen LogP contribution is -2.49. The van der Waals surface area contributed by atoms with Crippen LogP contribution in [0, 0.1) is 0 Å². The lowest BCUT2D eigenvalue weighted by molar-refractivity contribution is -0.122. The van der Waals surface area contributed by atoms with Crippen molar-refractivity contribution in [2.45, 2.75) is 13.0 Å². The highest BCUT2D eigenvalue weighted by molar-refractivity contribution is 7.92. The summed E-state index contributed by atoms with van der Waals surface area (Å²) in [5, 5.41) is 3.29. The molecule has 1 atom stereocenters. The second-order valence-corrected chi connectivity index (χ2v) is 9.14. The third-order valence-corrected chi connectivity index (χ3v) is 6.78. The molecule has 0 aromatic heterocycles. The van der Waals surface area contributed by atoms with E-state index in [-0.39, 0.29) is 33.1 Å². The number of rotatable bonds is 4. The largest absolute Gasteiger partial charge is 0.476 e. The van der Waals surface area contributed by atoms with Crippen LogP contribution in [0.2, 0.25) is 15.1 Å². The minimum atomic E-state index is -3.59. The van der Waals surface area contributed by atoms with Crippen LogP contribution in [0.15, 0.2) is 36.4 Å². The molecule has 0 saturated carbocycles. The van der Waals surface area contributed by atoms with E-state index in [1.165, 1.54) is 23.4 Å². The summed E-state index contributed by atoms with van der Waals surface area (Å²) in [4.78, 5) is 12.7. The van der Waals surface area contributed by atoms with E-state index >= 15 is 0 Å². The van der Waals surface area contributed by atoms with Crippen molar-refractivity contribution >= 4 is 62.1 Å². The Kier molecular flexibility index (Phi) is 5.76. The monoisotopic (exact) mass is 448 g/mol. The van der Waals surface area contributed by atoms with E-state index in [4.69, 9.17) is 39.5 Å². The van der Waals surface area contributed by atoms with Crippen LogP contribution < -0.4 is 14.4 Å². The molecule has 0 saturated heterocycles. The van der Waals surface area contributed by atoms with Gasteiger partial charge in [0.15, 0.2) is 6.10 Å².